The molecule has 0 amide bonds. The summed E-state index contributed by atoms with van der Waals surface area (Å²) in [7, 11) is 0. The Morgan fingerprint density at radius 1 is 0.429 bits per heavy atom. The summed E-state index contributed by atoms with van der Waals surface area (Å²) in [4.78, 5) is 2.39. The van der Waals surface area contributed by atoms with Gasteiger partial charge in [-0.25, -0.2) is 0 Å². The second-order valence-corrected chi connectivity index (χ2v) is 13.5. The molecule has 8 aromatic rings. The molecule has 1 aromatic heterocycles. The summed E-state index contributed by atoms with van der Waals surface area (Å²) < 4.78 is 2.31. The molecule has 9 rings (SSSR count). The van der Waals surface area contributed by atoms with Crippen molar-refractivity contribution in [1.82, 2.24) is 4.57 Å². The maximum absolute atomic E-state index is 2.41. The number of anilines is 3. The Hall–Kier alpha value is -6.12. The van der Waals surface area contributed by atoms with Crippen LogP contribution in [0.25, 0.3) is 50.0 Å². The molecule has 1 aliphatic carbocycles. The maximum Gasteiger partial charge on any atom is 0.0528 e. The number of fused-ring (bicyclic) bond motifs is 4. The summed E-state index contributed by atoms with van der Waals surface area (Å²) in [6.07, 6.45) is 2.18. The Morgan fingerprint density at radius 3 is 1.53 bits per heavy atom. The highest BCUT2D eigenvalue weighted by molar-refractivity contribution is 5.88. The van der Waals surface area contributed by atoms with Crippen LogP contribution in [0.2, 0.25) is 0 Å². The van der Waals surface area contributed by atoms with Gasteiger partial charge in [-0.1, -0.05) is 129 Å². The molecule has 0 aliphatic heterocycles. The van der Waals surface area contributed by atoms with Crippen molar-refractivity contribution >= 4 is 28.0 Å². The Bertz CT molecular complexity index is 2350. The molecule has 1 aliphatic rings. The SMILES string of the molecule is CC1(C)c2cc(N(c3ccc(-c4ccccc4)cc3)c3ccc(-c4ccccc4)cc3)ccc2-c2ccc(-n3ccc4ccccc43)cc21. The molecule has 0 N–H and O–H groups in total. The molecule has 7 aromatic carbocycles. The summed E-state index contributed by atoms with van der Waals surface area (Å²) in [5.74, 6) is 0. The van der Waals surface area contributed by atoms with E-state index >= 15 is 0 Å². The van der Waals surface area contributed by atoms with Gasteiger partial charge in [-0.2, -0.15) is 0 Å². The van der Waals surface area contributed by atoms with Crippen molar-refractivity contribution in [2.45, 2.75) is 19.3 Å². The first-order chi connectivity index (χ1) is 24.0. The summed E-state index contributed by atoms with van der Waals surface area (Å²) in [5.41, 5.74) is 15.9. The molecule has 234 valence electrons. The van der Waals surface area contributed by atoms with Gasteiger partial charge in [0.25, 0.3) is 0 Å². The lowest BCUT2D eigenvalue weighted by Gasteiger charge is -2.28. The van der Waals surface area contributed by atoms with Crippen molar-refractivity contribution in [3.05, 3.63) is 193 Å². The van der Waals surface area contributed by atoms with Crippen molar-refractivity contribution in [2.24, 2.45) is 0 Å². The first kappa shape index (κ1) is 29.1. The molecule has 0 atom stereocenters. The quantitative estimate of drug-likeness (QED) is 0.178. The number of rotatable bonds is 6. The standard InChI is InChI=1S/C47H36N2/c1-47(2)44-31-40(48-30-29-37-15-9-10-16-46(37)48)25-27-42(44)43-28-26-41(32-45(43)47)49(38-21-17-35(18-22-38)33-11-5-3-6-12-33)39-23-19-36(20-24-39)34-13-7-4-8-14-34/h3-32H,1-2H3. The van der Waals surface area contributed by atoms with E-state index in [0.29, 0.717) is 0 Å². The number of hydrogen-bond donors (Lipinski definition) is 0. The Labute approximate surface area is 288 Å². The normalized spacial score (nSPS) is 12.9. The van der Waals surface area contributed by atoms with Crippen LogP contribution in [0, 0.1) is 0 Å². The van der Waals surface area contributed by atoms with E-state index in [2.05, 4.69) is 205 Å². The van der Waals surface area contributed by atoms with Gasteiger partial charge in [-0.05, 0) is 111 Å². The zero-order valence-electron chi connectivity index (χ0n) is 27.7. The molecule has 0 spiro atoms. The molecule has 1 heterocycles. The van der Waals surface area contributed by atoms with Gasteiger partial charge in [0.05, 0.1) is 5.52 Å². The van der Waals surface area contributed by atoms with Crippen LogP contribution in [-0.2, 0) is 5.41 Å². The van der Waals surface area contributed by atoms with Crippen LogP contribution in [0.15, 0.2) is 182 Å². The number of benzene rings is 7. The maximum atomic E-state index is 2.41. The Balaban J connectivity index is 1.13. The summed E-state index contributed by atoms with van der Waals surface area (Å²) in [6.45, 7) is 4.74. The fourth-order valence-electron chi connectivity index (χ4n) is 7.62. The minimum atomic E-state index is -0.167. The zero-order chi connectivity index (χ0) is 33.0. The van der Waals surface area contributed by atoms with E-state index in [1.807, 2.05) is 0 Å². The van der Waals surface area contributed by atoms with E-state index < -0.39 is 0 Å². The highest BCUT2D eigenvalue weighted by Crippen LogP contribution is 2.51. The minimum Gasteiger partial charge on any atom is -0.317 e. The van der Waals surface area contributed by atoms with E-state index in [0.717, 1.165) is 17.1 Å². The largest absolute Gasteiger partial charge is 0.317 e. The second-order valence-electron chi connectivity index (χ2n) is 13.5. The molecule has 0 saturated carbocycles. The summed E-state index contributed by atoms with van der Waals surface area (Å²) >= 11 is 0. The molecule has 0 saturated heterocycles. The topological polar surface area (TPSA) is 8.17 Å². The molecule has 0 bridgehead atoms. The Kier molecular flexibility index (Phi) is 6.84. The lowest BCUT2D eigenvalue weighted by atomic mass is 9.82. The third-order valence-corrected chi connectivity index (χ3v) is 10.2. The smallest absolute Gasteiger partial charge is 0.0528 e. The van der Waals surface area contributed by atoms with Gasteiger partial charge in [-0.15, -0.1) is 0 Å². The molecule has 2 nitrogen and oxygen atoms in total. The molecular weight excluding hydrogens is 593 g/mol. The van der Waals surface area contributed by atoms with Gasteiger partial charge in [0.15, 0.2) is 0 Å². The van der Waals surface area contributed by atoms with Crippen LogP contribution in [0.4, 0.5) is 17.1 Å². The van der Waals surface area contributed by atoms with Gasteiger partial charge >= 0.3 is 0 Å². The van der Waals surface area contributed by atoms with Crippen molar-refractivity contribution in [2.75, 3.05) is 4.90 Å². The predicted molar refractivity (Wildman–Crippen MR) is 206 cm³/mol. The van der Waals surface area contributed by atoms with Crippen molar-refractivity contribution < 1.29 is 0 Å². The number of nitrogens with zero attached hydrogens (tertiary/aromatic N) is 2. The van der Waals surface area contributed by atoms with Crippen molar-refractivity contribution in [3.8, 4) is 39.1 Å². The third kappa shape index (κ3) is 4.96. The molecule has 0 unspecified atom stereocenters. The first-order valence-corrected chi connectivity index (χ1v) is 17.0. The molecule has 0 fully saturated rings. The minimum absolute atomic E-state index is 0.167. The van der Waals surface area contributed by atoms with E-state index in [1.54, 1.807) is 0 Å². The average molecular weight is 629 g/mol. The van der Waals surface area contributed by atoms with Gasteiger partial charge in [0.2, 0.25) is 0 Å². The second kappa shape index (κ2) is 11.5. The number of aromatic nitrogens is 1. The van der Waals surface area contributed by atoms with Gasteiger partial charge in [0.1, 0.15) is 0 Å². The van der Waals surface area contributed by atoms with Gasteiger partial charge < -0.3 is 9.47 Å². The van der Waals surface area contributed by atoms with Crippen molar-refractivity contribution in [3.63, 3.8) is 0 Å². The van der Waals surface area contributed by atoms with E-state index in [1.165, 1.54) is 61.1 Å². The highest BCUT2D eigenvalue weighted by atomic mass is 15.1. The van der Waals surface area contributed by atoms with E-state index in [9.17, 15) is 0 Å². The summed E-state index contributed by atoms with van der Waals surface area (Å²) in [6, 6.07) is 63.9. The monoisotopic (exact) mass is 628 g/mol. The van der Waals surface area contributed by atoms with E-state index in [-0.39, 0.29) is 5.41 Å². The summed E-state index contributed by atoms with van der Waals surface area (Å²) in [5, 5.41) is 1.25. The van der Waals surface area contributed by atoms with Crippen molar-refractivity contribution in [1.29, 1.82) is 0 Å². The highest BCUT2D eigenvalue weighted by Gasteiger charge is 2.36. The van der Waals surface area contributed by atoms with Crippen LogP contribution in [0.1, 0.15) is 25.0 Å². The van der Waals surface area contributed by atoms with Crippen LogP contribution < -0.4 is 4.90 Å². The van der Waals surface area contributed by atoms with Crippen LogP contribution in [0.5, 0.6) is 0 Å². The molecule has 2 heteroatoms. The average Bonchev–Trinajstić information content (AvgIpc) is 3.69. The van der Waals surface area contributed by atoms with Crippen LogP contribution in [0.3, 0.4) is 0 Å². The lowest BCUT2D eigenvalue weighted by molar-refractivity contribution is 0.660. The number of hydrogen-bond acceptors (Lipinski definition) is 1. The molecule has 0 radical (unpaired) electrons. The fraction of sp³-hybridized carbons (Fsp3) is 0.0638. The van der Waals surface area contributed by atoms with Crippen LogP contribution in [-0.4, -0.2) is 4.57 Å². The number of para-hydroxylation sites is 1. The Morgan fingerprint density at radius 2 is 0.918 bits per heavy atom. The molecule has 49 heavy (non-hydrogen) atoms. The predicted octanol–water partition coefficient (Wildman–Crippen LogP) is 12.7. The fourth-order valence-corrected chi connectivity index (χ4v) is 7.62. The lowest BCUT2D eigenvalue weighted by Crippen LogP contribution is -2.17. The zero-order valence-corrected chi connectivity index (χ0v) is 27.7. The van der Waals surface area contributed by atoms with Crippen LogP contribution >= 0.6 is 0 Å². The first-order valence-electron chi connectivity index (χ1n) is 17.0. The van der Waals surface area contributed by atoms with Gasteiger partial charge in [0, 0.05) is 34.4 Å². The third-order valence-electron chi connectivity index (χ3n) is 10.2. The molecular formula is C47H36N2. The van der Waals surface area contributed by atoms with Gasteiger partial charge in [-0.3, -0.25) is 0 Å². The van der Waals surface area contributed by atoms with E-state index in [4.69, 9.17) is 0 Å².